The van der Waals surface area contributed by atoms with E-state index in [1.807, 2.05) is 13.0 Å². The lowest BCUT2D eigenvalue weighted by Gasteiger charge is -2.23. The van der Waals surface area contributed by atoms with Crippen LogP contribution in [0.5, 0.6) is 0 Å². The molecule has 2 heterocycles. The number of benzene rings is 1. The standard InChI is InChI=1S/C26H34F2N4O2/c1-3-6-23(30-25(33)15-20-13-21(27)16-22(28)14-20)26(34)31-24-10-9-19(17-29-24)8-7-18(2)32-11-4-5-12-32/h9-10,13-14,16-18,23H,3-8,11-12,15H2,1-2H3,(H,30,33)(H,29,31,34). The normalized spacial score (nSPS) is 15.6. The number of aromatic nitrogens is 1. The molecule has 3 rings (SSSR count). The lowest BCUT2D eigenvalue weighted by atomic mass is 10.1. The van der Waals surface area contributed by atoms with Crippen molar-refractivity contribution in [1.82, 2.24) is 15.2 Å². The number of nitrogens with zero attached hydrogens (tertiary/aromatic N) is 2. The summed E-state index contributed by atoms with van der Waals surface area (Å²) in [6.07, 6.45) is 7.22. The molecule has 6 nitrogen and oxygen atoms in total. The van der Waals surface area contributed by atoms with Gasteiger partial charge in [-0.3, -0.25) is 9.59 Å². The Morgan fingerprint density at radius 3 is 2.38 bits per heavy atom. The van der Waals surface area contributed by atoms with Crippen LogP contribution in [0.1, 0.15) is 57.1 Å². The Morgan fingerprint density at radius 2 is 1.76 bits per heavy atom. The third-order valence-corrected chi connectivity index (χ3v) is 6.21. The molecule has 1 aromatic carbocycles. The van der Waals surface area contributed by atoms with Crippen LogP contribution in [-0.2, 0) is 22.4 Å². The number of likely N-dealkylation sites (tertiary alicyclic amines) is 1. The molecule has 2 N–H and O–H groups in total. The number of hydrogen-bond donors (Lipinski definition) is 2. The fourth-order valence-electron chi connectivity index (χ4n) is 4.30. The van der Waals surface area contributed by atoms with Gasteiger partial charge in [0.25, 0.3) is 0 Å². The van der Waals surface area contributed by atoms with Gasteiger partial charge in [-0.25, -0.2) is 13.8 Å². The van der Waals surface area contributed by atoms with Crippen molar-refractivity contribution in [2.24, 2.45) is 0 Å². The van der Waals surface area contributed by atoms with E-state index in [9.17, 15) is 18.4 Å². The molecule has 0 aliphatic carbocycles. The van der Waals surface area contributed by atoms with Crippen LogP contribution < -0.4 is 10.6 Å². The molecule has 1 aromatic heterocycles. The fourth-order valence-corrected chi connectivity index (χ4v) is 4.30. The summed E-state index contributed by atoms with van der Waals surface area (Å²) in [7, 11) is 0. The second kappa shape index (κ2) is 12.6. The molecule has 0 spiro atoms. The minimum absolute atomic E-state index is 0.210. The van der Waals surface area contributed by atoms with E-state index < -0.39 is 23.6 Å². The van der Waals surface area contributed by atoms with E-state index in [-0.39, 0.29) is 17.9 Å². The van der Waals surface area contributed by atoms with E-state index in [0.29, 0.717) is 24.7 Å². The number of halogens is 2. The van der Waals surface area contributed by atoms with Crippen molar-refractivity contribution in [3.8, 4) is 0 Å². The van der Waals surface area contributed by atoms with Gasteiger partial charge < -0.3 is 15.5 Å². The van der Waals surface area contributed by atoms with Crippen molar-refractivity contribution in [1.29, 1.82) is 0 Å². The summed E-state index contributed by atoms with van der Waals surface area (Å²) in [5, 5.41) is 5.43. The molecule has 0 saturated carbocycles. The van der Waals surface area contributed by atoms with Crippen LogP contribution >= 0.6 is 0 Å². The van der Waals surface area contributed by atoms with E-state index in [1.165, 1.54) is 25.9 Å². The van der Waals surface area contributed by atoms with Gasteiger partial charge in [-0.1, -0.05) is 19.4 Å². The first-order chi connectivity index (χ1) is 16.3. The fraction of sp³-hybridized carbons (Fsp3) is 0.500. The predicted octanol–water partition coefficient (Wildman–Crippen LogP) is 4.24. The zero-order valence-electron chi connectivity index (χ0n) is 19.9. The largest absolute Gasteiger partial charge is 0.344 e. The Hall–Kier alpha value is -2.87. The molecule has 34 heavy (non-hydrogen) atoms. The number of pyridine rings is 1. The van der Waals surface area contributed by atoms with Crippen LogP contribution in [0, 0.1) is 11.6 Å². The maximum atomic E-state index is 13.4. The highest BCUT2D eigenvalue weighted by atomic mass is 19.1. The van der Waals surface area contributed by atoms with Gasteiger partial charge in [-0.15, -0.1) is 0 Å². The SMILES string of the molecule is CCCC(NC(=O)Cc1cc(F)cc(F)c1)C(=O)Nc1ccc(CCC(C)N2CCCC2)cn1. The average molecular weight is 473 g/mol. The monoisotopic (exact) mass is 472 g/mol. The van der Waals surface area contributed by atoms with E-state index >= 15 is 0 Å². The lowest BCUT2D eigenvalue weighted by Crippen LogP contribution is -2.44. The van der Waals surface area contributed by atoms with Gasteiger partial charge in [0.05, 0.1) is 6.42 Å². The van der Waals surface area contributed by atoms with Crippen LogP contribution in [0.4, 0.5) is 14.6 Å². The number of amides is 2. The van der Waals surface area contributed by atoms with Crippen molar-refractivity contribution in [2.75, 3.05) is 18.4 Å². The first-order valence-electron chi connectivity index (χ1n) is 12.1. The van der Waals surface area contributed by atoms with Crippen LogP contribution in [0.15, 0.2) is 36.5 Å². The highest BCUT2D eigenvalue weighted by Gasteiger charge is 2.21. The Morgan fingerprint density at radius 1 is 1.06 bits per heavy atom. The maximum Gasteiger partial charge on any atom is 0.248 e. The molecule has 2 amide bonds. The predicted molar refractivity (Wildman–Crippen MR) is 128 cm³/mol. The van der Waals surface area contributed by atoms with Crippen molar-refractivity contribution in [2.45, 2.75) is 70.9 Å². The van der Waals surface area contributed by atoms with Gasteiger partial charge in [-0.05, 0) is 81.4 Å². The summed E-state index contributed by atoms with van der Waals surface area (Å²) in [5.74, 6) is -1.92. The zero-order valence-corrected chi connectivity index (χ0v) is 19.9. The molecule has 0 bridgehead atoms. The molecular formula is C26H34F2N4O2. The second-order valence-electron chi connectivity index (χ2n) is 9.03. The molecular weight excluding hydrogens is 438 g/mol. The first kappa shape index (κ1) is 25.7. The van der Waals surface area contributed by atoms with Gasteiger partial charge >= 0.3 is 0 Å². The third kappa shape index (κ3) is 7.87. The molecule has 0 radical (unpaired) electrons. The Kier molecular flexibility index (Phi) is 9.51. The van der Waals surface area contributed by atoms with Crippen LogP contribution in [-0.4, -0.2) is 46.9 Å². The minimum Gasteiger partial charge on any atom is -0.344 e. The van der Waals surface area contributed by atoms with Crippen LogP contribution in [0.2, 0.25) is 0 Å². The summed E-state index contributed by atoms with van der Waals surface area (Å²) < 4.78 is 26.7. The van der Waals surface area contributed by atoms with Gasteiger partial charge in [0.1, 0.15) is 23.5 Å². The third-order valence-electron chi connectivity index (χ3n) is 6.21. The number of rotatable bonds is 11. The van der Waals surface area contributed by atoms with Crippen LogP contribution in [0.25, 0.3) is 0 Å². The minimum atomic E-state index is -0.765. The molecule has 2 unspecified atom stereocenters. The zero-order chi connectivity index (χ0) is 24.5. The molecule has 2 aromatic rings. The van der Waals surface area contributed by atoms with E-state index in [0.717, 1.165) is 36.6 Å². The molecule has 1 aliphatic heterocycles. The van der Waals surface area contributed by atoms with Crippen molar-refractivity contribution in [3.63, 3.8) is 0 Å². The number of aryl methyl sites for hydroxylation is 1. The number of nitrogens with one attached hydrogen (secondary N) is 2. The second-order valence-corrected chi connectivity index (χ2v) is 9.03. The highest BCUT2D eigenvalue weighted by Crippen LogP contribution is 2.16. The topological polar surface area (TPSA) is 74.3 Å². The molecule has 1 fully saturated rings. The highest BCUT2D eigenvalue weighted by molar-refractivity contribution is 5.96. The number of hydrogen-bond acceptors (Lipinski definition) is 4. The number of anilines is 1. The first-order valence-corrected chi connectivity index (χ1v) is 12.1. The number of carbonyl (C=O) groups excluding carboxylic acids is 2. The maximum absolute atomic E-state index is 13.4. The van der Waals surface area contributed by atoms with Gasteiger partial charge in [0.15, 0.2) is 0 Å². The smallest absolute Gasteiger partial charge is 0.248 e. The molecule has 184 valence electrons. The Balaban J connectivity index is 1.51. The molecule has 1 saturated heterocycles. The summed E-state index contributed by atoms with van der Waals surface area (Å²) in [5.41, 5.74) is 1.33. The number of carbonyl (C=O) groups is 2. The molecule has 1 aliphatic rings. The molecule has 8 heteroatoms. The van der Waals surface area contributed by atoms with Crippen molar-refractivity contribution in [3.05, 3.63) is 59.3 Å². The average Bonchev–Trinajstić information content (AvgIpc) is 3.32. The molecule has 2 atom stereocenters. The van der Waals surface area contributed by atoms with E-state index in [1.54, 1.807) is 12.3 Å². The van der Waals surface area contributed by atoms with Crippen molar-refractivity contribution >= 4 is 17.6 Å². The summed E-state index contributed by atoms with van der Waals surface area (Å²) in [6, 6.07) is 6.48. The summed E-state index contributed by atoms with van der Waals surface area (Å²) in [4.78, 5) is 32.0. The van der Waals surface area contributed by atoms with Crippen molar-refractivity contribution < 1.29 is 18.4 Å². The quantitative estimate of drug-likeness (QED) is 0.513. The summed E-state index contributed by atoms with van der Waals surface area (Å²) >= 11 is 0. The Labute approximate surface area is 200 Å². The Bertz CT molecular complexity index is 942. The van der Waals surface area contributed by atoms with Crippen LogP contribution in [0.3, 0.4) is 0 Å². The van der Waals surface area contributed by atoms with E-state index in [2.05, 4.69) is 27.4 Å². The lowest BCUT2D eigenvalue weighted by molar-refractivity contribution is -0.126. The van der Waals surface area contributed by atoms with Gasteiger partial charge in [-0.2, -0.15) is 0 Å². The van der Waals surface area contributed by atoms with Gasteiger partial charge in [0.2, 0.25) is 11.8 Å². The van der Waals surface area contributed by atoms with Gasteiger partial charge in [0, 0.05) is 18.3 Å². The summed E-state index contributed by atoms with van der Waals surface area (Å²) in [6.45, 7) is 6.53. The van der Waals surface area contributed by atoms with E-state index in [4.69, 9.17) is 0 Å².